The van der Waals surface area contributed by atoms with Crippen LogP contribution in [0.1, 0.15) is 278 Å². The number of hydrogen-bond acceptors (Lipinski definition) is 14. The van der Waals surface area contributed by atoms with E-state index in [2.05, 4.69) is 154 Å². The van der Waals surface area contributed by atoms with Crippen LogP contribution in [0.4, 0.5) is 0 Å². The summed E-state index contributed by atoms with van der Waals surface area (Å²) in [7, 11) is -9.80. The summed E-state index contributed by atoms with van der Waals surface area (Å²) in [5, 5.41) is 20.6. The topological polar surface area (TPSA) is 231 Å². The van der Waals surface area contributed by atoms with E-state index >= 15 is 0 Å². The number of phosphoric acid groups is 2. The number of phosphoric ester groups is 2. The summed E-state index contributed by atoms with van der Waals surface area (Å²) in [4.78, 5) is 58.5. The molecule has 544 valence electrons. The van der Waals surface area contributed by atoms with Gasteiger partial charge in [-0.2, -0.15) is 0 Å². The first-order chi connectivity index (χ1) is 46.2. The maximum Gasteiger partial charge on any atom is 0.472 e. The van der Waals surface area contributed by atoms with Gasteiger partial charge in [0.1, 0.15) is 25.4 Å². The lowest BCUT2D eigenvalue weighted by Crippen LogP contribution is -2.30. The Morgan fingerprint density at radius 1 is 0.305 bits per heavy atom. The Balaban J connectivity index is 4.64. The van der Waals surface area contributed by atoms with Gasteiger partial charge in [-0.3, -0.25) is 32.5 Å². The van der Waals surface area contributed by atoms with E-state index in [1.807, 2.05) is 0 Å². The van der Waals surface area contributed by atoms with Crippen molar-refractivity contribution in [3.63, 3.8) is 0 Å². The van der Waals surface area contributed by atoms with Gasteiger partial charge < -0.3 is 34.2 Å². The molecule has 0 saturated carbocycles. The zero-order valence-corrected chi connectivity index (χ0v) is 60.8. The third kappa shape index (κ3) is 70.8. The summed E-state index contributed by atoms with van der Waals surface area (Å²) >= 11 is 0. The molecule has 0 bridgehead atoms. The van der Waals surface area contributed by atoms with Gasteiger partial charge in [-0.05, 0) is 135 Å². The Hall–Kier alpha value is -4.31. The number of aliphatic hydroxyl groups is 2. The van der Waals surface area contributed by atoms with E-state index in [0.717, 1.165) is 167 Å². The van der Waals surface area contributed by atoms with Crippen LogP contribution in [0.15, 0.2) is 134 Å². The molecule has 4 N–H and O–H groups in total. The largest absolute Gasteiger partial charge is 0.472 e. The summed E-state index contributed by atoms with van der Waals surface area (Å²) in [6, 6.07) is 0. The van der Waals surface area contributed by atoms with Gasteiger partial charge in [-0.25, -0.2) is 9.13 Å². The average molecular weight is 1370 g/mol. The molecule has 16 nitrogen and oxygen atoms in total. The first-order valence-corrected chi connectivity index (χ1v) is 39.5. The van der Waals surface area contributed by atoms with Crippen molar-refractivity contribution in [1.29, 1.82) is 0 Å². The number of carbonyl (C=O) groups is 3. The second-order valence-electron chi connectivity index (χ2n) is 24.0. The third-order valence-corrected chi connectivity index (χ3v) is 16.7. The Morgan fingerprint density at radius 2 is 0.558 bits per heavy atom. The molecule has 0 aliphatic heterocycles. The Labute approximate surface area is 575 Å². The molecule has 0 aliphatic carbocycles. The van der Waals surface area contributed by atoms with E-state index in [-0.39, 0.29) is 19.3 Å². The molecule has 5 atom stereocenters. The maximum absolute atomic E-state index is 12.9. The number of aliphatic hydroxyl groups excluding tert-OH is 2. The quantitative estimate of drug-likeness (QED) is 0.0146. The van der Waals surface area contributed by atoms with Gasteiger partial charge in [0.05, 0.1) is 26.4 Å². The molecule has 0 amide bonds. The highest BCUT2D eigenvalue weighted by Crippen LogP contribution is 2.45. The van der Waals surface area contributed by atoms with Crippen molar-refractivity contribution < 1.29 is 75.8 Å². The van der Waals surface area contributed by atoms with Crippen molar-refractivity contribution in [3.8, 4) is 0 Å². The molecule has 95 heavy (non-hydrogen) atoms. The van der Waals surface area contributed by atoms with Crippen LogP contribution in [0.3, 0.4) is 0 Å². The van der Waals surface area contributed by atoms with E-state index in [0.29, 0.717) is 19.3 Å². The van der Waals surface area contributed by atoms with Gasteiger partial charge >= 0.3 is 33.6 Å². The van der Waals surface area contributed by atoms with Gasteiger partial charge in [0.15, 0.2) is 6.10 Å². The number of allylic oxidation sites excluding steroid dienone is 22. The highest BCUT2D eigenvalue weighted by Gasteiger charge is 2.29. The minimum absolute atomic E-state index is 0.0837. The average Bonchev–Trinajstić information content (AvgIpc) is 2.06. The van der Waals surface area contributed by atoms with E-state index in [1.165, 1.54) is 51.4 Å². The van der Waals surface area contributed by atoms with Crippen molar-refractivity contribution in [2.45, 2.75) is 296 Å². The fraction of sp³-hybridized carbons (Fsp3) is 0.675. The first-order valence-electron chi connectivity index (χ1n) is 36.5. The van der Waals surface area contributed by atoms with E-state index in [9.17, 15) is 43.5 Å². The van der Waals surface area contributed by atoms with Crippen LogP contribution >= 0.6 is 15.6 Å². The fourth-order valence-electron chi connectivity index (χ4n) is 9.32. The summed E-state index contributed by atoms with van der Waals surface area (Å²) in [6.07, 6.45) is 82.1. The molecular weight excluding hydrogens is 1240 g/mol. The van der Waals surface area contributed by atoms with Crippen molar-refractivity contribution >= 4 is 33.6 Å². The molecule has 0 radical (unpaired) electrons. The second kappa shape index (κ2) is 69.6. The Kier molecular flexibility index (Phi) is 66.4. The molecule has 0 heterocycles. The molecule has 5 unspecified atom stereocenters. The fourth-order valence-corrected chi connectivity index (χ4v) is 10.9. The van der Waals surface area contributed by atoms with Crippen molar-refractivity contribution in [3.05, 3.63) is 134 Å². The minimum Gasteiger partial charge on any atom is -0.463 e. The number of unbranched alkanes of at least 4 members (excludes halogenated alkanes) is 23. The minimum atomic E-state index is -4.94. The summed E-state index contributed by atoms with van der Waals surface area (Å²) in [5.41, 5.74) is 0. The van der Waals surface area contributed by atoms with Crippen molar-refractivity contribution in [1.82, 2.24) is 0 Å². The summed E-state index contributed by atoms with van der Waals surface area (Å²) < 4.78 is 61.0. The van der Waals surface area contributed by atoms with Crippen LogP contribution < -0.4 is 0 Å². The molecule has 18 heteroatoms. The van der Waals surface area contributed by atoms with Gasteiger partial charge in [0.2, 0.25) is 0 Å². The lowest BCUT2D eigenvalue weighted by Gasteiger charge is -2.21. The van der Waals surface area contributed by atoms with Gasteiger partial charge in [0, 0.05) is 19.3 Å². The predicted molar refractivity (Wildman–Crippen MR) is 390 cm³/mol. The standard InChI is InChI=1S/C77H130O16P2/c1-4-7-10-13-16-19-22-25-28-31-32-33-34-35-36-37-38-41-43-45-48-51-54-57-60-63-75(80)87-66-72(78)67-89-94(83,84)90-68-73(79)69-91-95(85,86)92-71-74(93-77(82)65-62-59-56-53-50-47-44-40-30-27-24-21-18-15-12-9-6-3)70-88-76(81)64-61-58-55-52-49-46-42-39-29-26-23-20-17-14-11-8-5-2/h8-9,11-12,16-21,25-30,32-33,35-36,42,46,72-74,78-79H,4-7,10,13-15,22-24,31,34,37-41,43-45,47-71H2,1-3H3,(H,83,84)(H,85,86)/b11-8-,12-9-,19-16-,20-17-,21-18-,28-25-,29-26-,30-27-,33-32-,36-35-,46-42-. The number of esters is 3. The monoisotopic (exact) mass is 1370 g/mol. The van der Waals surface area contributed by atoms with Gasteiger partial charge in [-0.15, -0.1) is 0 Å². The van der Waals surface area contributed by atoms with Gasteiger partial charge in [-0.1, -0.05) is 257 Å². The summed E-state index contributed by atoms with van der Waals surface area (Å²) in [5.74, 6) is -1.62. The molecule has 0 aliphatic rings. The molecule has 0 saturated heterocycles. The van der Waals surface area contributed by atoms with Crippen LogP contribution in [0, 0.1) is 0 Å². The first kappa shape index (κ1) is 90.7. The highest BCUT2D eigenvalue weighted by atomic mass is 31.2. The van der Waals surface area contributed by atoms with E-state index < -0.39 is 91.5 Å². The molecular formula is C77H130O16P2. The number of carbonyl (C=O) groups excluding carboxylic acids is 3. The molecule has 0 aromatic carbocycles. The Bertz CT molecular complexity index is 2260. The predicted octanol–water partition coefficient (Wildman–Crippen LogP) is 20.8. The Morgan fingerprint density at radius 3 is 0.884 bits per heavy atom. The van der Waals surface area contributed by atoms with E-state index in [1.54, 1.807) is 0 Å². The third-order valence-electron chi connectivity index (χ3n) is 14.8. The lowest BCUT2D eigenvalue weighted by molar-refractivity contribution is -0.161. The molecule has 0 fully saturated rings. The SMILES string of the molecule is CC/C=C\C/C=C\C/C=C\C/C=C\CCCCCCC(=O)OCC(COP(=O)(O)OCC(O)COP(=O)(O)OCC(O)COC(=O)CCCCCCCCCCC/C=C\C/C=C\C/C=C\C/C=C\CCCCC)OC(=O)CCCCCCCCC/C=C\C/C=C\C/C=C\CC. The zero-order chi connectivity index (χ0) is 69.5. The van der Waals surface area contributed by atoms with Crippen LogP contribution in [-0.4, -0.2) is 95.9 Å². The number of hydrogen-bond donors (Lipinski definition) is 4. The normalized spacial score (nSPS) is 14.9. The molecule has 0 aromatic heterocycles. The van der Waals surface area contributed by atoms with Crippen LogP contribution in [0.5, 0.6) is 0 Å². The van der Waals surface area contributed by atoms with Crippen molar-refractivity contribution in [2.75, 3.05) is 39.6 Å². The highest BCUT2D eigenvalue weighted by molar-refractivity contribution is 7.47. The smallest absolute Gasteiger partial charge is 0.463 e. The number of ether oxygens (including phenoxy) is 3. The zero-order valence-electron chi connectivity index (χ0n) is 59.0. The van der Waals surface area contributed by atoms with E-state index in [4.69, 9.17) is 32.3 Å². The second-order valence-corrected chi connectivity index (χ2v) is 26.9. The summed E-state index contributed by atoms with van der Waals surface area (Å²) in [6.45, 7) is 2.37. The number of rotatable bonds is 68. The van der Waals surface area contributed by atoms with Crippen LogP contribution in [-0.2, 0) is 55.8 Å². The molecule has 0 rings (SSSR count). The molecule has 0 aromatic rings. The maximum atomic E-state index is 12.9. The van der Waals surface area contributed by atoms with Crippen LogP contribution in [0.2, 0.25) is 0 Å². The lowest BCUT2D eigenvalue weighted by atomic mass is 10.1. The molecule has 0 spiro atoms. The van der Waals surface area contributed by atoms with Crippen LogP contribution in [0.25, 0.3) is 0 Å². The van der Waals surface area contributed by atoms with Gasteiger partial charge in [0.25, 0.3) is 0 Å². The van der Waals surface area contributed by atoms with Crippen molar-refractivity contribution in [2.24, 2.45) is 0 Å².